The number of hydrogen-bond acceptors (Lipinski definition) is 6. The number of imide groups is 2. The Morgan fingerprint density at radius 3 is 2.31 bits per heavy atom. The van der Waals surface area contributed by atoms with Crippen LogP contribution < -0.4 is 5.32 Å². The molecule has 0 bridgehead atoms. The summed E-state index contributed by atoms with van der Waals surface area (Å²) in [7, 11) is 0. The van der Waals surface area contributed by atoms with Crippen molar-refractivity contribution in [1.29, 1.82) is 0 Å². The second kappa shape index (κ2) is 8.74. The molecule has 6 amide bonds. The summed E-state index contributed by atoms with van der Waals surface area (Å²) in [6, 6.07) is -2.23. The maximum absolute atomic E-state index is 12.4. The lowest BCUT2D eigenvalue weighted by atomic mass is 10.2. The maximum Gasteiger partial charge on any atom is 0.335 e. The number of nitrogens with zero attached hydrogens (tertiary/aromatic N) is 3. The van der Waals surface area contributed by atoms with Gasteiger partial charge in [0, 0.05) is 26.6 Å². The number of carboxylic acids is 1. The van der Waals surface area contributed by atoms with Crippen molar-refractivity contribution in [3.63, 3.8) is 0 Å². The van der Waals surface area contributed by atoms with Gasteiger partial charge in [0.2, 0.25) is 11.8 Å². The first-order valence-corrected chi connectivity index (χ1v) is 7.66. The molecule has 1 atom stereocenters. The number of nitrogens with one attached hydrogen (secondary N) is 1. The second-order valence-corrected chi connectivity index (χ2v) is 5.46. The van der Waals surface area contributed by atoms with Gasteiger partial charge >= 0.3 is 23.8 Å². The average Bonchev–Trinajstić information content (AvgIpc) is 2.76. The topological polar surface area (TPSA) is 144 Å². The molecule has 2 N–H and O–H groups in total. The fraction of sp³-hybridized carbons (Fsp3) is 0.467. The van der Waals surface area contributed by atoms with Crippen molar-refractivity contribution in [2.24, 2.45) is 0 Å². The molecule has 0 aromatic carbocycles. The first-order chi connectivity index (χ1) is 12.1. The molecule has 0 saturated carbocycles. The van der Waals surface area contributed by atoms with E-state index >= 15 is 0 Å². The molecule has 0 aromatic rings. The number of amides is 6. The van der Waals surface area contributed by atoms with Crippen molar-refractivity contribution in [2.45, 2.75) is 19.9 Å². The molecule has 1 saturated heterocycles. The Morgan fingerprint density at radius 1 is 1.23 bits per heavy atom. The summed E-state index contributed by atoms with van der Waals surface area (Å²) in [5.74, 6) is -4.77. The highest BCUT2D eigenvalue weighted by atomic mass is 16.4. The van der Waals surface area contributed by atoms with E-state index in [4.69, 9.17) is 5.11 Å². The van der Waals surface area contributed by atoms with Gasteiger partial charge in [-0.2, -0.15) is 0 Å². The minimum atomic E-state index is -1.30. The fourth-order valence-electron chi connectivity index (χ4n) is 2.23. The number of aliphatic carboxylic acids is 1. The number of carboxylic acid groups (broad SMARTS) is 1. The molecule has 26 heavy (non-hydrogen) atoms. The lowest BCUT2D eigenvalue weighted by Crippen LogP contribution is -2.51. The molecule has 1 aliphatic rings. The molecule has 1 rings (SSSR count). The van der Waals surface area contributed by atoms with Crippen LogP contribution in [0.2, 0.25) is 0 Å². The van der Waals surface area contributed by atoms with Crippen LogP contribution in [0.4, 0.5) is 4.79 Å². The molecule has 0 aliphatic carbocycles. The van der Waals surface area contributed by atoms with Gasteiger partial charge in [-0.25, -0.2) is 14.5 Å². The van der Waals surface area contributed by atoms with Crippen LogP contribution in [0.3, 0.4) is 0 Å². The van der Waals surface area contributed by atoms with E-state index in [1.807, 2.05) is 0 Å². The lowest BCUT2D eigenvalue weighted by molar-refractivity contribution is -0.150. The van der Waals surface area contributed by atoms with Gasteiger partial charge in [-0.05, 0) is 6.92 Å². The zero-order chi connectivity index (χ0) is 20.0. The Labute approximate surface area is 149 Å². The van der Waals surface area contributed by atoms with Crippen LogP contribution in [0.1, 0.15) is 13.8 Å². The molecule has 1 heterocycles. The van der Waals surface area contributed by atoms with Crippen LogP contribution in [0.25, 0.3) is 0 Å². The van der Waals surface area contributed by atoms with Gasteiger partial charge in [-0.15, -0.1) is 6.58 Å². The monoisotopic (exact) mass is 368 g/mol. The van der Waals surface area contributed by atoms with E-state index in [2.05, 4.69) is 11.9 Å². The second-order valence-electron chi connectivity index (χ2n) is 5.46. The average molecular weight is 368 g/mol. The van der Waals surface area contributed by atoms with E-state index in [0.717, 1.165) is 4.90 Å². The largest absolute Gasteiger partial charge is 0.480 e. The molecule has 1 unspecified atom stereocenters. The molecule has 1 fully saturated rings. The fourth-order valence-corrected chi connectivity index (χ4v) is 2.23. The minimum absolute atomic E-state index is 0.0118. The zero-order valence-corrected chi connectivity index (χ0v) is 14.4. The van der Waals surface area contributed by atoms with Gasteiger partial charge < -0.3 is 15.3 Å². The van der Waals surface area contributed by atoms with E-state index in [9.17, 15) is 28.8 Å². The Bertz CT molecular complexity index is 660. The first-order valence-electron chi connectivity index (χ1n) is 7.66. The predicted octanol–water partition coefficient (Wildman–Crippen LogP) is -1.60. The molecule has 11 heteroatoms. The van der Waals surface area contributed by atoms with E-state index in [1.54, 1.807) is 0 Å². The van der Waals surface area contributed by atoms with Gasteiger partial charge in [0.05, 0.1) is 0 Å². The van der Waals surface area contributed by atoms with Crippen molar-refractivity contribution in [1.82, 2.24) is 20.0 Å². The highest BCUT2D eigenvalue weighted by molar-refractivity contribution is 6.45. The summed E-state index contributed by atoms with van der Waals surface area (Å²) in [6.07, 6.45) is 1.25. The number of carbonyl (C=O) groups is 6. The highest BCUT2D eigenvalue weighted by Gasteiger charge is 2.45. The van der Waals surface area contributed by atoms with Crippen molar-refractivity contribution in [3.05, 3.63) is 12.7 Å². The summed E-state index contributed by atoms with van der Waals surface area (Å²) in [5.41, 5.74) is 0. The molecule has 1 aliphatic heterocycles. The Hall–Kier alpha value is -3.24. The standard InChI is InChI=1S/C15H20N4O7/c1-4-6-18-12(22)13(23)19(15(18)26)8-11(21)17(9(2)14(24)25)7-5-16-10(3)20/h4,9H,1,5-8H2,2-3H3,(H,16,20)(H,24,25). The summed E-state index contributed by atoms with van der Waals surface area (Å²) in [6.45, 7) is 4.75. The predicted molar refractivity (Wildman–Crippen MR) is 86.5 cm³/mol. The summed E-state index contributed by atoms with van der Waals surface area (Å²) in [4.78, 5) is 72.3. The Kier molecular flexibility index (Phi) is 6.99. The molecule has 0 radical (unpaired) electrons. The van der Waals surface area contributed by atoms with Crippen LogP contribution in [0.15, 0.2) is 12.7 Å². The van der Waals surface area contributed by atoms with Crippen LogP contribution >= 0.6 is 0 Å². The Morgan fingerprint density at radius 2 is 1.81 bits per heavy atom. The number of urea groups is 1. The van der Waals surface area contributed by atoms with Crippen LogP contribution in [0, 0.1) is 0 Å². The van der Waals surface area contributed by atoms with Crippen LogP contribution in [-0.2, 0) is 24.0 Å². The normalized spacial score (nSPS) is 15.1. The van der Waals surface area contributed by atoms with Gasteiger partial charge in [0.15, 0.2) is 0 Å². The van der Waals surface area contributed by atoms with Crippen molar-refractivity contribution in [2.75, 3.05) is 26.2 Å². The van der Waals surface area contributed by atoms with Crippen molar-refractivity contribution < 1.29 is 33.9 Å². The molecule has 0 spiro atoms. The molecular formula is C15H20N4O7. The molecule has 11 nitrogen and oxygen atoms in total. The lowest BCUT2D eigenvalue weighted by Gasteiger charge is -2.28. The SMILES string of the molecule is C=CCN1C(=O)C(=O)N(CC(=O)N(CCNC(C)=O)C(C)C(=O)O)C1=O. The first kappa shape index (κ1) is 20.8. The van der Waals surface area contributed by atoms with Crippen molar-refractivity contribution in [3.8, 4) is 0 Å². The molecular weight excluding hydrogens is 348 g/mol. The quantitative estimate of drug-likeness (QED) is 0.283. The molecule has 0 aromatic heterocycles. The smallest absolute Gasteiger partial charge is 0.335 e. The molecule has 142 valence electrons. The Balaban J connectivity index is 2.90. The number of rotatable bonds is 9. The third-order valence-corrected chi connectivity index (χ3v) is 3.61. The summed E-state index contributed by atoms with van der Waals surface area (Å²) in [5, 5.41) is 11.5. The van der Waals surface area contributed by atoms with Crippen molar-refractivity contribution >= 4 is 35.6 Å². The van der Waals surface area contributed by atoms with Crippen LogP contribution in [-0.4, -0.2) is 87.7 Å². The van der Waals surface area contributed by atoms with E-state index < -0.39 is 42.3 Å². The van der Waals surface area contributed by atoms with Gasteiger partial charge in [-0.1, -0.05) is 6.08 Å². The third kappa shape index (κ3) is 4.65. The highest BCUT2D eigenvalue weighted by Crippen LogP contribution is 2.13. The van der Waals surface area contributed by atoms with Gasteiger partial charge in [0.1, 0.15) is 12.6 Å². The van der Waals surface area contributed by atoms with Gasteiger partial charge in [-0.3, -0.25) is 24.1 Å². The van der Waals surface area contributed by atoms with Crippen LogP contribution in [0.5, 0.6) is 0 Å². The van der Waals surface area contributed by atoms with E-state index in [-0.39, 0.29) is 25.5 Å². The number of hydrogen-bond donors (Lipinski definition) is 2. The zero-order valence-electron chi connectivity index (χ0n) is 14.4. The van der Waals surface area contributed by atoms with E-state index in [1.165, 1.54) is 19.9 Å². The third-order valence-electron chi connectivity index (χ3n) is 3.61. The summed E-state index contributed by atoms with van der Waals surface area (Å²) >= 11 is 0. The minimum Gasteiger partial charge on any atom is -0.480 e. The maximum atomic E-state index is 12.4. The van der Waals surface area contributed by atoms with Gasteiger partial charge in [0.25, 0.3) is 0 Å². The number of carbonyl (C=O) groups excluding carboxylic acids is 5. The summed E-state index contributed by atoms with van der Waals surface area (Å²) < 4.78 is 0. The van der Waals surface area contributed by atoms with E-state index in [0.29, 0.717) is 9.80 Å².